The van der Waals surface area contributed by atoms with Crippen molar-refractivity contribution in [1.82, 2.24) is 0 Å². The van der Waals surface area contributed by atoms with Crippen LogP contribution in [-0.4, -0.2) is 0 Å². The molecule has 86 valence electrons. The Kier molecular flexibility index (Phi) is 2.62. The number of rotatable bonds is 2. The summed E-state index contributed by atoms with van der Waals surface area (Å²) in [5.74, 6) is 3.04. The lowest BCUT2D eigenvalue weighted by Crippen LogP contribution is -2.06. The van der Waals surface area contributed by atoms with Crippen LogP contribution in [0.4, 0.5) is 0 Å². The second-order valence-corrected chi connectivity index (χ2v) is 6.72. The maximum absolute atomic E-state index is 3.92. The molecule has 0 bridgehead atoms. The molecular formula is C15H19Br. The number of hydrogen-bond acceptors (Lipinski definition) is 0. The minimum Gasteiger partial charge on any atom is -0.0836 e. The van der Waals surface area contributed by atoms with Crippen LogP contribution in [0.1, 0.15) is 40.8 Å². The van der Waals surface area contributed by atoms with E-state index >= 15 is 0 Å². The monoisotopic (exact) mass is 278 g/mol. The van der Waals surface area contributed by atoms with Crippen molar-refractivity contribution in [3.8, 4) is 0 Å². The van der Waals surface area contributed by atoms with Gasteiger partial charge in [-0.2, -0.15) is 0 Å². The molecule has 0 radical (unpaired) electrons. The highest BCUT2D eigenvalue weighted by Crippen LogP contribution is 2.58. The number of benzene rings is 1. The molecule has 0 heterocycles. The molecule has 0 aliphatic heterocycles. The maximum Gasteiger partial charge on any atom is 0.0423 e. The summed E-state index contributed by atoms with van der Waals surface area (Å²) in [6.07, 6.45) is 4.42. The van der Waals surface area contributed by atoms with Crippen molar-refractivity contribution < 1.29 is 0 Å². The van der Waals surface area contributed by atoms with Gasteiger partial charge in [0.1, 0.15) is 0 Å². The Labute approximate surface area is 107 Å². The first kappa shape index (κ1) is 10.8. The third-order valence-corrected chi connectivity index (χ3v) is 5.82. The van der Waals surface area contributed by atoms with Crippen molar-refractivity contribution >= 4 is 15.9 Å². The summed E-state index contributed by atoms with van der Waals surface area (Å²) in [5.41, 5.74) is 4.30. The second kappa shape index (κ2) is 3.87. The number of aryl methyl sites for hydroxylation is 2. The van der Waals surface area contributed by atoms with Crippen molar-refractivity contribution in [2.75, 3.05) is 0 Å². The first-order valence-corrected chi connectivity index (χ1v) is 7.28. The molecule has 3 unspecified atom stereocenters. The minimum absolute atomic E-state index is 0.583. The summed E-state index contributed by atoms with van der Waals surface area (Å²) in [7, 11) is 0. The van der Waals surface area contributed by atoms with Gasteiger partial charge in [-0.3, -0.25) is 0 Å². The Bertz CT molecular complexity index is 400. The average Bonchev–Trinajstić information content (AvgIpc) is 2.89. The van der Waals surface area contributed by atoms with Gasteiger partial charge in [0.15, 0.2) is 0 Å². The Balaban J connectivity index is 1.77. The fraction of sp³-hybridized carbons (Fsp3) is 0.600. The van der Waals surface area contributed by atoms with Crippen LogP contribution >= 0.6 is 15.9 Å². The summed E-state index contributed by atoms with van der Waals surface area (Å²) in [6, 6.07) is 6.92. The van der Waals surface area contributed by atoms with Crippen LogP contribution in [0.15, 0.2) is 18.2 Å². The van der Waals surface area contributed by atoms with Crippen LogP contribution in [0, 0.1) is 31.6 Å². The van der Waals surface area contributed by atoms with E-state index in [1.54, 1.807) is 0 Å². The summed E-state index contributed by atoms with van der Waals surface area (Å²) in [6.45, 7) is 4.40. The van der Waals surface area contributed by atoms with E-state index in [1.165, 1.54) is 36.0 Å². The van der Waals surface area contributed by atoms with E-state index in [-0.39, 0.29) is 0 Å². The van der Waals surface area contributed by atoms with E-state index in [2.05, 4.69) is 48.0 Å². The van der Waals surface area contributed by atoms with Gasteiger partial charge in [0.05, 0.1) is 0 Å². The van der Waals surface area contributed by atoms with Gasteiger partial charge in [-0.05, 0) is 67.6 Å². The summed E-state index contributed by atoms with van der Waals surface area (Å²) >= 11 is 3.92. The molecule has 1 heteroatoms. The first-order chi connectivity index (χ1) is 7.65. The van der Waals surface area contributed by atoms with Gasteiger partial charge < -0.3 is 0 Å². The lowest BCUT2D eigenvalue weighted by Gasteiger charge is -2.20. The van der Waals surface area contributed by atoms with E-state index < -0.39 is 0 Å². The van der Waals surface area contributed by atoms with E-state index in [1.807, 2.05) is 0 Å². The third-order valence-electron chi connectivity index (χ3n) is 4.54. The molecule has 0 spiro atoms. The van der Waals surface area contributed by atoms with Crippen LogP contribution in [0.3, 0.4) is 0 Å². The van der Waals surface area contributed by atoms with Gasteiger partial charge in [-0.15, -0.1) is 0 Å². The molecule has 2 saturated carbocycles. The average molecular weight is 279 g/mol. The smallest absolute Gasteiger partial charge is 0.0423 e. The van der Waals surface area contributed by atoms with Gasteiger partial charge in [-0.1, -0.05) is 34.1 Å². The summed E-state index contributed by atoms with van der Waals surface area (Å²) in [5, 5.41) is 0. The molecule has 0 saturated heterocycles. The SMILES string of the molecule is Cc1ccc(C(Br)C2CC3CC3C2)cc1C. The Morgan fingerprint density at radius 2 is 1.75 bits per heavy atom. The van der Waals surface area contributed by atoms with Gasteiger partial charge in [-0.25, -0.2) is 0 Å². The second-order valence-electron chi connectivity index (χ2n) is 5.73. The van der Waals surface area contributed by atoms with Crippen LogP contribution in [-0.2, 0) is 0 Å². The standard InChI is InChI=1S/C15H19Br/c1-9-3-4-11(5-10(9)2)15(16)14-7-12-6-13(12)8-14/h3-5,12-15H,6-8H2,1-2H3. The lowest BCUT2D eigenvalue weighted by molar-refractivity contribution is 0.481. The molecular weight excluding hydrogens is 260 g/mol. The molecule has 2 aliphatic carbocycles. The molecule has 0 amide bonds. The molecule has 2 fully saturated rings. The van der Waals surface area contributed by atoms with Crippen LogP contribution in [0.2, 0.25) is 0 Å². The summed E-state index contributed by atoms with van der Waals surface area (Å²) < 4.78 is 0. The highest BCUT2D eigenvalue weighted by Gasteiger charge is 2.47. The van der Waals surface area contributed by atoms with E-state index in [0.29, 0.717) is 4.83 Å². The molecule has 3 rings (SSSR count). The molecule has 0 aromatic heterocycles. The van der Waals surface area contributed by atoms with Gasteiger partial charge in [0.25, 0.3) is 0 Å². The fourth-order valence-corrected chi connectivity index (χ4v) is 3.93. The largest absolute Gasteiger partial charge is 0.0836 e. The van der Waals surface area contributed by atoms with E-state index in [4.69, 9.17) is 0 Å². The van der Waals surface area contributed by atoms with E-state index in [0.717, 1.165) is 17.8 Å². The highest BCUT2D eigenvalue weighted by molar-refractivity contribution is 9.09. The van der Waals surface area contributed by atoms with Crippen molar-refractivity contribution in [2.45, 2.75) is 37.9 Å². The van der Waals surface area contributed by atoms with E-state index in [9.17, 15) is 0 Å². The highest BCUT2D eigenvalue weighted by atomic mass is 79.9. The van der Waals surface area contributed by atoms with Crippen LogP contribution < -0.4 is 0 Å². The number of fused-ring (bicyclic) bond motifs is 1. The van der Waals surface area contributed by atoms with Gasteiger partial charge in [0, 0.05) is 4.83 Å². The normalized spacial score (nSPS) is 33.6. The van der Waals surface area contributed by atoms with Crippen molar-refractivity contribution in [2.24, 2.45) is 17.8 Å². The Hall–Kier alpha value is -0.300. The predicted molar refractivity (Wildman–Crippen MR) is 71.9 cm³/mol. The lowest BCUT2D eigenvalue weighted by atomic mass is 9.93. The van der Waals surface area contributed by atoms with Crippen LogP contribution in [0.25, 0.3) is 0 Å². The molecule has 16 heavy (non-hydrogen) atoms. The summed E-state index contributed by atoms with van der Waals surface area (Å²) in [4.78, 5) is 0.583. The molecule has 1 aromatic rings. The number of halogens is 1. The zero-order valence-electron chi connectivity index (χ0n) is 10.0. The Morgan fingerprint density at radius 1 is 1.06 bits per heavy atom. The first-order valence-electron chi connectivity index (χ1n) is 6.36. The van der Waals surface area contributed by atoms with Crippen molar-refractivity contribution in [3.63, 3.8) is 0 Å². The van der Waals surface area contributed by atoms with Crippen molar-refractivity contribution in [1.29, 1.82) is 0 Å². The molecule has 1 aromatic carbocycles. The fourth-order valence-electron chi connectivity index (χ4n) is 3.21. The molecule has 2 aliphatic rings. The molecule has 0 nitrogen and oxygen atoms in total. The van der Waals surface area contributed by atoms with Gasteiger partial charge in [0.2, 0.25) is 0 Å². The Morgan fingerprint density at radius 3 is 2.38 bits per heavy atom. The zero-order valence-corrected chi connectivity index (χ0v) is 11.6. The topological polar surface area (TPSA) is 0 Å². The number of hydrogen-bond donors (Lipinski definition) is 0. The predicted octanol–water partition coefficient (Wildman–Crippen LogP) is 4.79. The van der Waals surface area contributed by atoms with Gasteiger partial charge >= 0.3 is 0 Å². The minimum atomic E-state index is 0.583. The molecule has 0 N–H and O–H groups in total. The maximum atomic E-state index is 3.92. The molecule has 3 atom stereocenters. The number of alkyl halides is 1. The van der Waals surface area contributed by atoms with Crippen LogP contribution in [0.5, 0.6) is 0 Å². The quantitative estimate of drug-likeness (QED) is 0.683. The van der Waals surface area contributed by atoms with Crippen molar-refractivity contribution in [3.05, 3.63) is 34.9 Å². The zero-order chi connectivity index (χ0) is 11.3. The third kappa shape index (κ3) is 1.84.